The summed E-state index contributed by atoms with van der Waals surface area (Å²) in [5.41, 5.74) is -0.898. The maximum atomic E-state index is 11.8. The highest BCUT2D eigenvalue weighted by atomic mass is 16.3. The van der Waals surface area contributed by atoms with Crippen LogP contribution >= 0.6 is 0 Å². The number of H-pyrrole nitrogens is 1. The number of allylic oxidation sites excluding steroid dienone is 1. The number of hydrogen-bond acceptors (Lipinski definition) is 5. The van der Waals surface area contributed by atoms with Crippen LogP contribution in [0.25, 0.3) is 0 Å². The number of rotatable bonds is 6. The van der Waals surface area contributed by atoms with Gasteiger partial charge in [-0.3, -0.25) is 19.3 Å². The van der Waals surface area contributed by atoms with Crippen LogP contribution in [0.3, 0.4) is 0 Å². The maximum Gasteiger partial charge on any atom is 0.331 e. The van der Waals surface area contributed by atoms with Crippen molar-refractivity contribution in [3.63, 3.8) is 0 Å². The number of nitrogens with zero attached hydrogens (tertiary/aromatic N) is 3. The largest absolute Gasteiger partial charge is 0.494 e. The average Bonchev–Trinajstić information content (AvgIpc) is 2.33. The molecule has 0 bridgehead atoms. The molecule has 0 fully saturated rings. The number of aromatic hydroxyl groups is 1. The van der Waals surface area contributed by atoms with Gasteiger partial charge in [-0.05, 0) is 21.0 Å². The van der Waals surface area contributed by atoms with Gasteiger partial charge in [0, 0.05) is 18.8 Å². The van der Waals surface area contributed by atoms with Crippen LogP contribution in [-0.4, -0.2) is 52.5 Å². The van der Waals surface area contributed by atoms with Gasteiger partial charge in [0.2, 0.25) is 5.88 Å². The highest BCUT2D eigenvalue weighted by Gasteiger charge is 2.15. The molecule has 1 aromatic heterocycles. The van der Waals surface area contributed by atoms with E-state index in [9.17, 15) is 14.7 Å². The zero-order chi connectivity index (χ0) is 15.3. The van der Waals surface area contributed by atoms with Crippen LogP contribution in [0.1, 0.15) is 12.5 Å². The molecule has 2 N–H and O–H groups in total. The van der Waals surface area contributed by atoms with Crippen LogP contribution in [0.15, 0.2) is 27.2 Å². The quantitative estimate of drug-likeness (QED) is 0.557. The Morgan fingerprint density at radius 2 is 2.15 bits per heavy atom. The zero-order valence-corrected chi connectivity index (χ0v) is 12.0. The molecule has 0 unspecified atom stereocenters. The molecule has 7 heteroatoms. The SMILES string of the molecule is C=CCn1c(O)c(C(C)=NCCN(C)C)c(=O)[nH]c1=O. The second-order valence-corrected chi connectivity index (χ2v) is 4.63. The number of aliphatic imine (C=N–C) groups is 1. The first kappa shape index (κ1) is 15.9. The number of aromatic nitrogens is 2. The van der Waals surface area contributed by atoms with E-state index in [2.05, 4.69) is 16.6 Å². The summed E-state index contributed by atoms with van der Waals surface area (Å²) >= 11 is 0. The molecule has 1 heterocycles. The first-order valence-electron chi connectivity index (χ1n) is 6.21. The topological polar surface area (TPSA) is 90.7 Å². The average molecular weight is 280 g/mol. The third-order valence-electron chi connectivity index (χ3n) is 2.74. The lowest BCUT2D eigenvalue weighted by Gasteiger charge is -2.10. The van der Waals surface area contributed by atoms with Crippen molar-refractivity contribution in [3.8, 4) is 5.88 Å². The summed E-state index contributed by atoms with van der Waals surface area (Å²) in [6, 6.07) is 0. The molecule has 0 saturated heterocycles. The molecular formula is C13H20N4O3. The Morgan fingerprint density at radius 3 is 2.70 bits per heavy atom. The van der Waals surface area contributed by atoms with E-state index in [0.29, 0.717) is 12.3 Å². The molecule has 1 aromatic rings. The van der Waals surface area contributed by atoms with Crippen molar-refractivity contribution >= 4 is 5.71 Å². The van der Waals surface area contributed by atoms with Crippen molar-refractivity contribution in [1.82, 2.24) is 14.5 Å². The van der Waals surface area contributed by atoms with Crippen LogP contribution in [-0.2, 0) is 6.54 Å². The molecule has 0 aromatic carbocycles. The van der Waals surface area contributed by atoms with Crippen molar-refractivity contribution in [2.75, 3.05) is 27.2 Å². The summed E-state index contributed by atoms with van der Waals surface area (Å²) in [4.78, 5) is 31.8. The molecule has 0 aliphatic rings. The highest BCUT2D eigenvalue weighted by molar-refractivity contribution is 6.00. The minimum atomic E-state index is -0.669. The minimum absolute atomic E-state index is 0.0187. The fourth-order valence-electron chi connectivity index (χ4n) is 1.68. The van der Waals surface area contributed by atoms with Crippen molar-refractivity contribution in [2.45, 2.75) is 13.5 Å². The highest BCUT2D eigenvalue weighted by Crippen LogP contribution is 2.11. The molecule has 0 spiro atoms. The molecule has 0 aliphatic heterocycles. The van der Waals surface area contributed by atoms with Gasteiger partial charge in [0.1, 0.15) is 5.56 Å². The lowest BCUT2D eigenvalue weighted by atomic mass is 10.2. The Balaban J connectivity index is 3.24. The molecule has 0 radical (unpaired) electrons. The summed E-state index contributed by atoms with van der Waals surface area (Å²) < 4.78 is 1.04. The molecule has 0 amide bonds. The van der Waals surface area contributed by atoms with E-state index in [1.165, 1.54) is 6.08 Å². The van der Waals surface area contributed by atoms with E-state index in [1.54, 1.807) is 6.92 Å². The zero-order valence-electron chi connectivity index (χ0n) is 12.0. The molecule has 7 nitrogen and oxygen atoms in total. The lowest BCUT2D eigenvalue weighted by molar-refractivity contribution is 0.409. The Bertz CT molecular complexity index is 625. The van der Waals surface area contributed by atoms with Crippen LogP contribution in [0, 0.1) is 0 Å². The predicted molar refractivity (Wildman–Crippen MR) is 78.8 cm³/mol. The Kier molecular flexibility index (Phi) is 5.45. The minimum Gasteiger partial charge on any atom is -0.494 e. The van der Waals surface area contributed by atoms with Gasteiger partial charge in [-0.2, -0.15) is 0 Å². The van der Waals surface area contributed by atoms with Crippen molar-refractivity contribution in [3.05, 3.63) is 39.1 Å². The summed E-state index contributed by atoms with van der Waals surface area (Å²) in [6.45, 7) is 6.47. The standard InChI is InChI=1S/C13H20N4O3/c1-5-7-17-12(19)10(11(18)15-13(17)20)9(2)14-6-8-16(3)4/h5,19H,1,6-8H2,2-4H3,(H,15,18,20). The van der Waals surface area contributed by atoms with Gasteiger partial charge in [0.15, 0.2) is 0 Å². The lowest BCUT2D eigenvalue weighted by Crippen LogP contribution is -2.33. The smallest absolute Gasteiger partial charge is 0.331 e. The summed E-state index contributed by atoms with van der Waals surface area (Å²) in [6.07, 6.45) is 1.46. The Morgan fingerprint density at radius 1 is 1.50 bits per heavy atom. The van der Waals surface area contributed by atoms with Gasteiger partial charge in [-0.15, -0.1) is 6.58 Å². The number of hydrogen-bond donors (Lipinski definition) is 2. The van der Waals surface area contributed by atoms with Crippen LogP contribution in [0.2, 0.25) is 0 Å². The van der Waals surface area contributed by atoms with E-state index in [1.807, 2.05) is 19.0 Å². The third kappa shape index (κ3) is 3.67. The Labute approximate surface area is 116 Å². The van der Waals surface area contributed by atoms with Crippen LogP contribution in [0.5, 0.6) is 5.88 Å². The maximum absolute atomic E-state index is 11.8. The molecule has 0 atom stereocenters. The van der Waals surface area contributed by atoms with Gasteiger partial charge in [0.05, 0.1) is 6.54 Å². The van der Waals surface area contributed by atoms with Crippen molar-refractivity contribution in [1.29, 1.82) is 0 Å². The Hall–Kier alpha value is -2.15. The van der Waals surface area contributed by atoms with Gasteiger partial charge in [-0.25, -0.2) is 4.79 Å². The monoisotopic (exact) mass is 280 g/mol. The second kappa shape index (κ2) is 6.85. The third-order valence-corrected chi connectivity index (χ3v) is 2.74. The molecule has 0 aliphatic carbocycles. The first-order chi connectivity index (χ1) is 9.38. The summed E-state index contributed by atoms with van der Waals surface area (Å²) in [5, 5.41) is 10.1. The van der Waals surface area contributed by atoms with Crippen molar-refractivity contribution in [2.24, 2.45) is 4.99 Å². The van der Waals surface area contributed by atoms with Gasteiger partial charge in [0.25, 0.3) is 5.56 Å². The van der Waals surface area contributed by atoms with E-state index < -0.39 is 11.2 Å². The molecule has 0 saturated carbocycles. The normalized spacial score (nSPS) is 11.9. The molecular weight excluding hydrogens is 260 g/mol. The number of nitrogens with one attached hydrogen (secondary N) is 1. The van der Waals surface area contributed by atoms with Gasteiger partial charge >= 0.3 is 5.69 Å². The van der Waals surface area contributed by atoms with Crippen molar-refractivity contribution < 1.29 is 5.11 Å². The van der Waals surface area contributed by atoms with E-state index in [4.69, 9.17) is 0 Å². The van der Waals surface area contributed by atoms with Gasteiger partial charge in [-0.1, -0.05) is 6.08 Å². The summed E-state index contributed by atoms with van der Waals surface area (Å²) in [5.74, 6) is -0.384. The fraction of sp³-hybridized carbons (Fsp3) is 0.462. The van der Waals surface area contributed by atoms with E-state index >= 15 is 0 Å². The second-order valence-electron chi connectivity index (χ2n) is 4.63. The fourth-order valence-corrected chi connectivity index (χ4v) is 1.68. The van der Waals surface area contributed by atoms with Crippen LogP contribution in [0.4, 0.5) is 0 Å². The van der Waals surface area contributed by atoms with Crippen LogP contribution < -0.4 is 11.2 Å². The molecule has 1 rings (SSSR count). The molecule has 110 valence electrons. The first-order valence-corrected chi connectivity index (χ1v) is 6.21. The van der Waals surface area contributed by atoms with Gasteiger partial charge < -0.3 is 10.0 Å². The van der Waals surface area contributed by atoms with E-state index in [0.717, 1.165) is 11.1 Å². The number of likely N-dealkylation sites (N-methyl/N-ethyl adjacent to an activating group) is 1. The molecule has 20 heavy (non-hydrogen) atoms. The summed E-state index contributed by atoms with van der Waals surface area (Å²) in [7, 11) is 3.83. The predicted octanol–water partition coefficient (Wildman–Crippen LogP) is -0.201. The van der Waals surface area contributed by atoms with E-state index in [-0.39, 0.29) is 18.0 Å². The number of aromatic amines is 1.